The summed E-state index contributed by atoms with van der Waals surface area (Å²) in [6.45, 7) is 6.76. The number of anilines is 1. The summed E-state index contributed by atoms with van der Waals surface area (Å²) < 4.78 is 0. The number of nitrogens with zero attached hydrogens (tertiary/aromatic N) is 3. The van der Waals surface area contributed by atoms with Crippen LogP contribution in [-0.2, 0) is 0 Å². The molecule has 2 rings (SSSR count). The van der Waals surface area contributed by atoms with Crippen LogP contribution in [0.1, 0.15) is 6.92 Å². The smallest absolute Gasteiger partial charge is 0.191 e. The van der Waals surface area contributed by atoms with Gasteiger partial charge in [0, 0.05) is 32.7 Å². The van der Waals surface area contributed by atoms with Gasteiger partial charge in [0.2, 0.25) is 0 Å². The summed E-state index contributed by atoms with van der Waals surface area (Å²) in [4.78, 5) is 8.80. The van der Waals surface area contributed by atoms with Crippen LogP contribution in [0.25, 0.3) is 0 Å². The molecular formula is C11H18N4S. The van der Waals surface area contributed by atoms with Crippen molar-refractivity contribution in [2.75, 3.05) is 37.6 Å². The van der Waals surface area contributed by atoms with Crippen molar-refractivity contribution in [2.24, 2.45) is 10.7 Å². The molecule has 0 saturated carbocycles. The third kappa shape index (κ3) is 2.47. The van der Waals surface area contributed by atoms with E-state index in [0.717, 1.165) is 32.7 Å². The standard InChI is InChI=1S/C11H18N4S/c1-2-13-11(12)15-7-5-14(6-8-15)10-4-3-9-16-10/h3-4,9H,2,5-8H2,1H3,(H2,12,13). The summed E-state index contributed by atoms with van der Waals surface area (Å²) in [6.07, 6.45) is 0. The molecule has 0 aliphatic carbocycles. The Bertz CT molecular complexity index is 339. The molecule has 1 aromatic rings. The van der Waals surface area contributed by atoms with Gasteiger partial charge in [0.15, 0.2) is 5.96 Å². The average Bonchev–Trinajstić information content (AvgIpc) is 2.83. The van der Waals surface area contributed by atoms with E-state index < -0.39 is 0 Å². The number of piperazine rings is 1. The van der Waals surface area contributed by atoms with Crippen molar-refractivity contribution in [3.8, 4) is 0 Å². The van der Waals surface area contributed by atoms with Gasteiger partial charge in [0.05, 0.1) is 5.00 Å². The first-order valence-corrected chi connectivity index (χ1v) is 6.52. The first kappa shape index (κ1) is 11.3. The van der Waals surface area contributed by atoms with Crippen molar-refractivity contribution < 1.29 is 0 Å². The molecule has 0 radical (unpaired) electrons. The molecule has 5 heteroatoms. The second-order valence-corrected chi connectivity index (χ2v) is 4.68. The maximum atomic E-state index is 5.88. The number of hydrogen-bond donors (Lipinski definition) is 1. The fraction of sp³-hybridized carbons (Fsp3) is 0.545. The molecule has 0 bridgehead atoms. The highest BCUT2D eigenvalue weighted by molar-refractivity contribution is 7.14. The van der Waals surface area contributed by atoms with Crippen LogP contribution in [0.15, 0.2) is 22.5 Å². The SMILES string of the molecule is CCN=C(N)N1CCN(c2cccs2)CC1. The van der Waals surface area contributed by atoms with E-state index in [-0.39, 0.29) is 0 Å². The highest BCUT2D eigenvalue weighted by atomic mass is 32.1. The molecule has 1 aliphatic heterocycles. The van der Waals surface area contributed by atoms with Gasteiger partial charge >= 0.3 is 0 Å². The van der Waals surface area contributed by atoms with E-state index in [1.165, 1.54) is 5.00 Å². The summed E-state index contributed by atoms with van der Waals surface area (Å²) in [5, 5.41) is 3.47. The molecule has 0 atom stereocenters. The Labute approximate surface area is 100 Å². The molecule has 1 aromatic heterocycles. The summed E-state index contributed by atoms with van der Waals surface area (Å²) in [5.41, 5.74) is 5.88. The lowest BCUT2D eigenvalue weighted by Crippen LogP contribution is -2.51. The van der Waals surface area contributed by atoms with Crippen LogP contribution in [0.5, 0.6) is 0 Å². The molecule has 1 saturated heterocycles. The van der Waals surface area contributed by atoms with Crippen LogP contribution in [0.2, 0.25) is 0 Å². The zero-order chi connectivity index (χ0) is 11.4. The second kappa shape index (κ2) is 5.21. The Morgan fingerprint density at radius 1 is 1.44 bits per heavy atom. The molecule has 0 unspecified atom stereocenters. The zero-order valence-electron chi connectivity index (χ0n) is 9.59. The van der Waals surface area contributed by atoms with Gasteiger partial charge < -0.3 is 15.5 Å². The lowest BCUT2D eigenvalue weighted by molar-refractivity contribution is 0.382. The van der Waals surface area contributed by atoms with Crippen LogP contribution in [0.3, 0.4) is 0 Å². The summed E-state index contributed by atoms with van der Waals surface area (Å²) in [6, 6.07) is 4.27. The number of rotatable bonds is 2. The first-order chi connectivity index (χ1) is 7.81. The van der Waals surface area contributed by atoms with E-state index in [0.29, 0.717) is 5.96 Å². The Morgan fingerprint density at radius 2 is 2.19 bits per heavy atom. The largest absolute Gasteiger partial charge is 0.370 e. The number of aliphatic imine (C=N–C) groups is 1. The Kier molecular flexibility index (Phi) is 3.66. The molecule has 2 N–H and O–H groups in total. The number of nitrogens with two attached hydrogens (primary N) is 1. The minimum absolute atomic E-state index is 0.688. The van der Waals surface area contributed by atoms with Crippen molar-refractivity contribution >= 4 is 22.3 Å². The molecule has 4 nitrogen and oxygen atoms in total. The molecule has 1 fully saturated rings. The van der Waals surface area contributed by atoms with Crippen LogP contribution < -0.4 is 10.6 Å². The van der Waals surface area contributed by atoms with Gasteiger partial charge in [-0.3, -0.25) is 4.99 Å². The zero-order valence-corrected chi connectivity index (χ0v) is 10.4. The van der Waals surface area contributed by atoms with Gasteiger partial charge in [-0.25, -0.2) is 0 Å². The second-order valence-electron chi connectivity index (χ2n) is 3.76. The molecule has 2 heterocycles. The lowest BCUT2D eigenvalue weighted by atomic mass is 10.3. The van der Waals surface area contributed by atoms with Gasteiger partial charge in [-0.1, -0.05) is 0 Å². The predicted molar refractivity (Wildman–Crippen MR) is 70.3 cm³/mol. The number of thiophene rings is 1. The van der Waals surface area contributed by atoms with Crippen LogP contribution in [0.4, 0.5) is 5.00 Å². The molecule has 0 spiro atoms. The maximum Gasteiger partial charge on any atom is 0.191 e. The number of hydrogen-bond acceptors (Lipinski definition) is 3. The van der Waals surface area contributed by atoms with Gasteiger partial charge in [-0.05, 0) is 24.4 Å². The summed E-state index contributed by atoms with van der Waals surface area (Å²) in [7, 11) is 0. The van der Waals surface area contributed by atoms with Gasteiger partial charge in [0.25, 0.3) is 0 Å². The first-order valence-electron chi connectivity index (χ1n) is 5.64. The van der Waals surface area contributed by atoms with Gasteiger partial charge in [0.1, 0.15) is 0 Å². The molecule has 0 amide bonds. The van der Waals surface area contributed by atoms with Crippen molar-refractivity contribution in [2.45, 2.75) is 6.92 Å². The van der Waals surface area contributed by atoms with E-state index in [9.17, 15) is 0 Å². The molecular weight excluding hydrogens is 220 g/mol. The Balaban J connectivity index is 1.90. The fourth-order valence-electron chi connectivity index (χ4n) is 1.87. The topological polar surface area (TPSA) is 44.9 Å². The van der Waals surface area contributed by atoms with Gasteiger partial charge in [-0.2, -0.15) is 0 Å². The quantitative estimate of drug-likeness (QED) is 0.622. The third-order valence-corrected chi connectivity index (χ3v) is 3.67. The minimum atomic E-state index is 0.688. The normalized spacial score (nSPS) is 17.9. The van der Waals surface area contributed by atoms with Gasteiger partial charge in [-0.15, -0.1) is 11.3 Å². The van der Waals surface area contributed by atoms with Crippen LogP contribution >= 0.6 is 11.3 Å². The molecule has 0 aromatic carbocycles. The van der Waals surface area contributed by atoms with E-state index >= 15 is 0 Å². The third-order valence-electron chi connectivity index (χ3n) is 2.74. The number of guanidine groups is 1. The minimum Gasteiger partial charge on any atom is -0.370 e. The molecule has 88 valence electrons. The van der Waals surface area contributed by atoms with Crippen LogP contribution in [-0.4, -0.2) is 43.6 Å². The maximum absolute atomic E-state index is 5.88. The van der Waals surface area contributed by atoms with Crippen molar-refractivity contribution in [1.82, 2.24) is 4.90 Å². The Hall–Kier alpha value is -1.23. The summed E-state index contributed by atoms with van der Waals surface area (Å²) in [5.74, 6) is 0.688. The van der Waals surface area contributed by atoms with Crippen molar-refractivity contribution in [3.05, 3.63) is 17.5 Å². The van der Waals surface area contributed by atoms with E-state index in [1.54, 1.807) is 11.3 Å². The lowest BCUT2D eigenvalue weighted by Gasteiger charge is -2.35. The summed E-state index contributed by atoms with van der Waals surface area (Å²) >= 11 is 1.80. The molecule has 1 aliphatic rings. The van der Waals surface area contributed by atoms with Crippen LogP contribution in [0, 0.1) is 0 Å². The van der Waals surface area contributed by atoms with E-state index in [1.807, 2.05) is 6.92 Å². The van der Waals surface area contributed by atoms with Crippen molar-refractivity contribution in [3.63, 3.8) is 0 Å². The predicted octanol–water partition coefficient (Wildman–Crippen LogP) is 1.20. The highest BCUT2D eigenvalue weighted by Gasteiger charge is 2.18. The molecule has 16 heavy (non-hydrogen) atoms. The van der Waals surface area contributed by atoms with E-state index in [4.69, 9.17) is 5.73 Å². The monoisotopic (exact) mass is 238 g/mol. The average molecular weight is 238 g/mol. The fourth-order valence-corrected chi connectivity index (χ4v) is 2.65. The highest BCUT2D eigenvalue weighted by Crippen LogP contribution is 2.22. The van der Waals surface area contributed by atoms with Crippen molar-refractivity contribution in [1.29, 1.82) is 0 Å². The van der Waals surface area contributed by atoms with E-state index in [2.05, 4.69) is 32.3 Å². The Morgan fingerprint density at radius 3 is 2.75 bits per heavy atom.